The average molecular weight is 383 g/mol. The van der Waals surface area contributed by atoms with Gasteiger partial charge in [-0.2, -0.15) is 10.4 Å². The third-order valence-corrected chi connectivity index (χ3v) is 4.05. The summed E-state index contributed by atoms with van der Waals surface area (Å²) >= 11 is 5.91. The van der Waals surface area contributed by atoms with Gasteiger partial charge in [0.2, 0.25) is 5.91 Å². The maximum absolute atomic E-state index is 12.5. The lowest BCUT2D eigenvalue weighted by atomic mass is 10.1. The number of anilines is 1. The van der Waals surface area contributed by atoms with E-state index in [1.807, 2.05) is 6.07 Å². The number of nitrogens with zero attached hydrogens (tertiary/aromatic N) is 3. The van der Waals surface area contributed by atoms with E-state index in [-0.39, 0.29) is 27.1 Å². The van der Waals surface area contributed by atoms with Gasteiger partial charge < -0.3 is 10.4 Å². The van der Waals surface area contributed by atoms with Gasteiger partial charge in [-0.3, -0.25) is 9.59 Å². The second-order valence-electron chi connectivity index (χ2n) is 5.52. The summed E-state index contributed by atoms with van der Waals surface area (Å²) in [5.41, 5.74) is -0.312. The van der Waals surface area contributed by atoms with E-state index in [0.29, 0.717) is 5.69 Å². The van der Waals surface area contributed by atoms with E-state index in [1.165, 1.54) is 30.3 Å². The molecule has 0 bridgehead atoms. The van der Waals surface area contributed by atoms with E-state index in [9.17, 15) is 19.5 Å². The second-order valence-corrected chi connectivity index (χ2v) is 5.92. The largest absolute Gasteiger partial charge is 0.476 e. The molecule has 2 N–H and O–H groups in total. The van der Waals surface area contributed by atoms with Gasteiger partial charge in [0.05, 0.1) is 16.0 Å². The molecule has 0 saturated carbocycles. The molecule has 1 aromatic heterocycles. The molecule has 3 aromatic rings. The highest BCUT2D eigenvalue weighted by atomic mass is 35.5. The Hall–Kier alpha value is -3.70. The Bertz CT molecular complexity index is 1180. The minimum absolute atomic E-state index is 0.152. The molecule has 0 fully saturated rings. The van der Waals surface area contributed by atoms with E-state index >= 15 is 0 Å². The van der Waals surface area contributed by atoms with Gasteiger partial charge in [-0.15, -0.1) is 0 Å². The first-order chi connectivity index (χ1) is 12.9. The maximum Gasteiger partial charge on any atom is 0.357 e. The molecule has 9 heteroatoms. The molecule has 0 spiro atoms. The van der Waals surface area contributed by atoms with Gasteiger partial charge in [0.25, 0.3) is 5.56 Å². The lowest BCUT2D eigenvalue weighted by Crippen LogP contribution is -2.31. The first kappa shape index (κ1) is 18.1. The number of amides is 1. The molecule has 0 atom stereocenters. The van der Waals surface area contributed by atoms with Gasteiger partial charge in [0.1, 0.15) is 12.6 Å². The Morgan fingerprint density at radius 1 is 1.22 bits per heavy atom. The van der Waals surface area contributed by atoms with Crippen molar-refractivity contribution in [2.24, 2.45) is 0 Å². The van der Waals surface area contributed by atoms with Gasteiger partial charge in [0, 0.05) is 11.1 Å². The van der Waals surface area contributed by atoms with Crippen LogP contribution in [0.15, 0.2) is 47.3 Å². The second kappa shape index (κ2) is 7.27. The monoisotopic (exact) mass is 382 g/mol. The molecule has 0 aliphatic rings. The van der Waals surface area contributed by atoms with E-state index in [4.69, 9.17) is 16.9 Å². The van der Waals surface area contributed by atoms with E-state index in [2.05, 4.69) is 10.4 Å². The van der Waals surface area contributed by atoms with Crippen molar-refractivity contribution in [1.29, 1.82) is 5.26 Å². The molecule has 0 unspecified atom stereocenters. The van der Waals surface area contributed by atoms with Crippen LogP contribution in [0, 0.1) is 11.3 Å². The minimum Gasteiger partial charge on any atom is -0.476 e. The number of halogens is 1. The number of carboxylic acid groups (broad SMARTS) is 1. The molecule has 27 heavy (non-hydrogen) atoms. The number of nitrogens with one attached hydrogen (secondary N) is 1. The first-order valence-electron chi connectivity index (χ1n) is 7.63. The number of carboxylic acids is 1. The summed E-state index contributed by atoms with van der Waals surface area (Å²) < 4.78 is 0.798. The van der Waals surface area contributed by atoms with Crippen LogP contribution in [0.5, 0.6) is 0 Å². The fourth-order valence-corrected chi connectivity index (χ4v) is 2.74. The number of carbonyl (C=O) groups is 2. The van der Waals surface area contributed by atoms with Crippen molar-refractivity contribution < 1.29 is 14.7 Å². The fraction of sp³-hybridized carbons (Fsp3) is 0.0556. The summed E-state index contributed by atoms with van der Waals surface area (Å²) in [6.45, 7) is -0.485. The standard InChI is InChI=1S/C18H11ClN4O4/c19-14-7-11(6-5-10(14)8-20)21-15(24)9-23-17(25)13-4-2-1-3-12(13)16(22-23)18(26)27/h1-7H,9H2,(H,21,24)(H,26,27). The zero-order chi connectivity index (χ0) is 19.6. The molecule has 8 nitrogen and oxygen atoms in total. The van der Waals surface area contributed by atoms with Crippen LogP contribution in [-0.2, 0) is 11.3 Å². The molecule has 3 rings (SSSR count). The predicted octanol–water partition coefficient (Wildman–Crippen LogP) is 2.26. The molecule has 1 amide bonds. The van der Waals surface area contributed by atoms with E-state index in [0.717, 1.165) is 4.68 Å². The van der Waals surface area contributed by atoms with Crippen LogP contribution in [0.25, 0.3) is 10.8 Å². The summed E-state index contributed by atoms with van der Waals surface area (Å²) in [4.78, 5) is 36.2. The highest BCUT2D eigenvalue weighted by Gasteiger charge is 2.17. The molecule has 0 radical (unpaired) electrons. The Morgan fingerprint density at radius 2 is 1.93 bits per heavy atom. The summed E-state index contributed by atoms with van der Waals surface area (Å²) in [6.07, 6.45) is 0. The van der Waals surface area contributed by atoms with Crippen LogP contribution in [0.3, 0.4) is 0 Å². The Morgan fingerprint density at radius 3 is 2.56 bits per heavy atom. The number of rotatable bonds is 4. The van der Waals surface area contributed by atoms with Crippen LogP contribution in [-0.4, -0.2) is 26.8 Å². The predicted molar refractivity (Wildman–Crippen MR) is 97.8 cm³/mol. The Labute approximate surface area is 157 Å². The van der Waals surface area contributed by atoms with Crippen LogP contribution < -0.4 is 10.9 Å². The van der Waals surface area contributed by atoms with Crippen molar-refractivity contribution in [2.75, 3.05) is 5.32 Å². The Kier molecular flexibility index (Phi) is 4.88. The molecule has 0 aliphatic carbocycles. The number of fused-ring (bicyclic) bond motifs is 1. The smallest absolute Gasteiger partial charge is 0.357 e. The molecule has 1 heterocycles. The molecule has 0 saturated heterocycles. The van der Waals surface area contributed by atoms with Crippen LogP contribution in [0.2, 0.25) is 5.02 Å². The van der Waals surface area contributed by atoms with Crippen LogP contribution >= 0.6 is 11.6 Å². The minimum atomic E-state index is -1.31. The summed E-state index contributed by atoms with van der Waals surface area (Å²) in [5, 5.41) is 25.0. The number of hydrogen-bond acceptors (Lipinski definition) is 5. The van der Waals surface area contributed by atoms with Gasteiger partial charge in [-0.05, 0) is 24.3 Å². The number of benzene rings is 2. The number of carbonyl (C=O) groups excluding carboxylic acids is 1. The fourth-order valence-electron chi connectivity index (χ4n) is 2.52. The molecule has 134 valence electrons. The van der Waals surface area contributed by atoms with Crippen molar-refractivity contribution in [2.45, 2.75) is 6.54 Å². The van der Waals surface area contributed by atoms with Crippen molar-refractivity contribution in [3.63, 3.8) is 0 Å². The number of aromatic nitrogens is 2. The molecular formula is C18H11ClN4O4. The maximum atomic E-state index is 12.5. The zero-order valence-corrected chi connectivity index (χ0v) is 14.4. The van der Waals surface area contributed by atoms with Gasteiger partial charge in [-0.25, -0.2) is 9.48 Å². The molecule has 0 aliphatic heterocycles. The van der Waals surface area contributed by atoms with Crippen molar-refractivity contribution in [3.05, 3.63) is 69.1 Å². The topological polar surface area (TPSA) is 125 Å². The van der Waals surface area contributed by atoms with Crippen LogP contribution in [0.4, 0.5) is 5.69 Å². The van der Waals surface area contributed by atoms with E-state index in [1.54, 1.807) is 12.1 Å². The van der Waals surface area contributed by atoms with Crippen LogP contribution in [0.1, 0.15) is 16.1 Å². The Balaban J connectivity index is 1.92. The van der Waals surface area contributed by atoms with Gasteiger partial charge in [0.15, 0.2) is 5.69 Å². The molecular weight excluding hydrogens is 372 g/mol. The highest BCUT2D eigenvalue weighted by molar-refractivity contribution is 6.32. The number of nitriles is 1. The summed E-state index contributed by atoms with van der Waals surface area (Å²) in [5.74, 6) is -1.91. The third kappa shape index (κ3) is 3.63. The van der Waals surface area contributed by atoms with Gasteiger partial charge in [-0.1, -0.05) is 29.8 Å². The molecule has 2 aromatic carbocycles. The number of aromatic carboxylic acids is 1. The average Bonchev–Trinajstić information content (AvgIpc) is 2.64. The van der Waals surface area contributed by atoms with Gasteiger partial charge >= 0.3 is 5.97 Å². The lowest BCUT2D eigenvalue weighted by Gasteiger charge is -2.10. The van der Waals surface area contributed by atoms with Crippen molar-refractivity contribution in [1.82, 2.24) is 9.78 Å². The van der Waals surface area contributed by atoms with Crippen molar-refractivity contribution in [3.8, 4) is 6.07 Å². The lowest BCUT2D eigenvalue weighted by molar-refractivity contribution is -0.117. The SMILES string of the molecule is N#Cc1ccc(NC(=O)Cn2nc(C(=O)O)c3ccccc3c2=O)cc1Cl. The van der Waals surface area contributed by atoms with Crippen molar-refractivity contribution >= 4 is 39.9 Å². The normalized spacial score (nSPS) is 10.4. The van der Waals surface area contributed by atoms with E-state index < -0.39 is 24.0 Å². The third-order valence-electron chi connectivity index (χ3n) is 3.74. The summed E-state index contributed by atoms with van der Waals surface area (Å²) in [7, 11) is 0. The zero-order valence-electron chi connectivity index (χ0n) is 13.6. The first-order valence-corrected chi connectivity index (χ1v) is 8.01. The quantitative estimate of drug-likeness (QED) is 0.712. The summed E-state index contributed by atoms with van der Waals surface area (Å²) in [6, 6.07) is 12.4. The number of hydrogen-bond donors (Lipinski definition) is 2. The highest BCUT2D eigenvalue weighted by Crippen LogP contribution is 2.20.